The van der Waals surface area contributed by atoms with Gasteiger partial charge in [0.2, 0.25) is 17.6 Å². The second-order valence-corrected chi connectivity index (χ2v) is 14.6. The van der Waals surface area contributed by atoms with Crippen LogP contribution in [0.1, 0.15) is 29.9 Å². The Morgan fingerprint density at radius 3 is 1.94 bits per heavy atom. The summed E-state index contributed by atoms with van der Waals surface area (Å²) in [4.78, 5) is 52.3. The number of rotatable bonds is 5. The lowest BCUT2D eigenvalue weighted by molar-refractivity contribution is -0.125. The molecular weight excluding hydrogens is 762 g/mol. The number of carbonyl (C=O) groups excluding carboxylic acids is 4. The number of aromatic hydroxyl groups is 1. The summed E-state index contributed by atoms with van der Waals surface area (Å²) in [7, 11) is 2.37. The van der Waals surface area contributed by atoms with Crippen molar-refractivity contribution in [1.82, 2.24) is 0 Å². The molecule has 1 N–H and O–H groups in total. The molecule has 52 heavy (non-hydrogen) atoms. The van der Waals surface area contributed by atoms with E-state index in [1.54, 1.807) is 13.0 Å². The van der Waals surface area contributed by atoms with E-state index >= 15 is 8.78 Å². The van der Waals surface area contributed by atoms with Gasteiger partial charge in [-0.1, -0.05) is 29.3 Å². The normalized spacial score (nSPS) is 28.2. The minimum absolute atomic E-state index is 0.0951. The fourth-order valence-electron chi connectivity index (χ4n) is 8.07. The molecule has 4 amide bonds. The number of hydrogen-bond donors (Lipinski definition) is 1. The van der Waals surface area contributed by atoms with Crippen LogP contribution in [-0.2, 0) is 19.2 Å². The Morgan fingerprint density at radius 2 is 1.38 bits per heavy atom. The Kier molecular flexibility index (Phi) is 8.35. The molecule has 0 aromatic heterocycles. The zero-order chi connectivity index (χ0) is 37.9. The van der Waals surface area contributed by atoms with Crippen LogP contribution in [-0.4, -0.2) is 52.7 Å². The van der Waals surface area contributed by atoms with Crippen molar-refractivity contribution in [3.63, 3.8) is 0 Å². The van der Waals surface area contributed by atoms with Gasteiger partial charge in [-0.2, -0.15) is 0 Å². The van der Waals surface area contributed by atoms with Crippen molar-refractivity contribution in [2.24, 2.45) is 17.8 Å². The number of ether oxygens (including phenoxy) is 2. The highest BCUT2D eigenvalue weighted by atomic mass is 35.5. The van der Waals surface area contributed by atoms with Crippen LogP contribution in [0.3, 0.4) is 0 Å². The van der Waals surface area contributed by atoms with Crippen LogP contribution in [0.5, 0.6) is 17.2 Å². The maximum Gasteiger partial charge on any atom is 0.258 e. The number of carbonyl (C=O) groups is 4. The van der Waals surface area contributed by atoms with Gasteiger partial charge < -0.3 is 14.6 Å². The third-order valence-electron chi connectivity index (χ3n) is 10.5. The van der Waals surface area contributed by atoms with E-state index in [1.165, 1.54) is 32.4 Å². The minimum Gasteiger partial charge on any atom is -0.508 e. The van der Waals surface area contributed by atoms with Crippen LogP contribution in [0.4, 0.5) is 33.3 Å². The van der Waals surface area contributed by atoms with Gasteiger partial charge in [-0.15, -0.1) is 23.2 Å². The Morgan fingerprint density at radius 1 is 0.808 bits per heavy atom. The largest absolute Gasteiger partial charge is 0.508 e. The average molecular weight is 786 g/mol. The molecule has 4 aliphatic rings. The first kappa shape index (κ1) is 36.0. The Bertz CT molecular complexity index is 2150. The van der Waals surface area contributed by atoms with Crippen molar-refractivity contribution in [3.8, 4) is 17.2 Å². The van der Waals surface area contributed by atoms with E-state index in [1.807, 2.05) is 0 Å². The predicted octanol–water partition coefficient (Wildman–Crippen LogP) is 6.83. The van der Waals surface area contributed by atoms with Crippen LogP contribution in [0, 0.1) is 53.8 Å². The number of allylic oxidation sites excluding steroid dienone is 2. The van der Waals surface area contributed by atoms with E-state index in [-0.39, 0.29) is 50.4 Å². The van der Waals surface area contributed by atoms with Crippen LogP contribution in [0.15, 0.2) is 42.0 Å². The molecule has 6 unspecified atom stereocenters. The first-order valence-corrected chi connectivity index (χ1v) is 16.7. The van der Waals surface area contributed by atoms with Gasteiger partial charge in [-0.05, 0) is 43.4 Å². The molecule has 17 heteroatoms. The van der Waals surface area contributed by atoms with Gasteiger partial charge in [0.15, 0.2) is 33.0 Å². The number of anilines is 2. The lowest BCUT2D eigenvalue weighted by Gasteiger charge is -2.51. The highest BCUT2D eigenvalue weighted by molar-refractivity contribution is 6.58. The number of halogens is 8. The molecule has 2 heterocycles. The van der Waals surface area contributed by atoms with Gasteiger partial charge in [0.1, 0.15) is 22.9 Å². The fraction of sp³-hybridized carbons (Fsp3) is 0.314. The zero-order valence-corrected chi connectivity index (χ0v) is 29.3. The van der Waals surface area contributed by atoms with Crippen molar-refractivity contribution in [3.05, 3.63) is 87.2 Å². The maximum atomic E-state index is 15.3. The predicted molar refractivity (Wildman–Crippen MR) is 176 cm³/mol. The number of aryl methyl sites for hydroxylation is 1. The summed E-state index contributed by atoms with van der Waals surface area (Å²) < 4.78 is 84.8. The number of benzene rings is 3. The van der Waals surface area contributed by atoms with E-state index in [0.29, 0.717) is 5.56 Å². The number of imide groups is 2. The molecule has 2 saturated heterocycles. The maximum absolute atomic E-state index is 15.3. The second kappa shape index (κ2) is 12.1. The standard InChI is InChI=1S/C35H24Cl3F5N2O7/c1-12-4-5-13(8-18(12)36)44-30(47)16-7-6-15-17(21(16)31(44)48)11-34(37)32(49)45(29-27(42)25(40)24(39)26(41)28(29)43)33(50)35(34,38)23(15)22-19(51-2)9-14(46)10-20(22)52-3/h4-6,8-10,16-17,21,23,46H,7,11H2,1-3H3. The van der Waals surface area contributed by atoms with Crippen molar-refractivity contribution in [1.29, 1.82) is 0 Å². The lowest BCUT2D eigenvalue weighted by Crippen LogP contribution is -2.60. The average Bonchev–Trinajstić information content (AvgIpc) is 3.45. The molecule has 3 aromatic carbocycles. The van der Waals surface area contributed by atoms with E-state index in [2.05, 4.69) is 0 Å². The number of fused-ring (bicyclic) bond motifs is 4. The highest BCUT2D eigenvalue weighted by Crippen LogP contribution is 2.68. The van der Waals surface area contributed by atoms with Gasteiger partial charge in [0.05, 0.1) is 31.7 Å². The third-order valence-corrected chi connectivity index (χ3v) is 12.3. The summed E-state index contributed by atoms with van der Waals surface area (Å²) in [6.07, 6.45) is 0.725. The number of alkyl halides is 2. The van der Waals surface area contributed by atoms with E-state index in [4.69, 9.17) is 44.3 Å². The molecular formula is C35H24Cl3F5N2O7. The van der Waals surface area contributed by atoms with Crippen LogP contribution in [0.25, 0.3) is 0 Å². The first-order chi connectivity index (χ1) is 24.5. The molecule has 3 fully saturated rings. The monoisotopic (exact) mass is 784 g/mol. The smallest absolute Gasteiger partial charge is 0.258 e. The number of hydrogen-bond acceptors (Lipinski definition) is 7. The van der Waals surface area contributed by atoms with Crippen molar-refractivity contribution in [2.75, 3.05) is 24.0 Å². The Labute approximate surface area is 306 Å². The summed E-state index contributed by atoms with van der Waals surface area (Å²) in [5.74, 6) is -23.0. The summed E-state index contributed by atoms with van der Waals surface area (Å²) in [6, 6.07) is 6.78. The first-order valence-electron chi connectivity index (χ1n) is 15.5. The molecule has 2 aliphatic carbocycles. The SMILES string of the molecule is COc1cc(O)cc(OC)c1C1C2=CCC3C(=O)N(c4ccc(C)c(Cl)c4)C(=O)C3C2CC2(Cl)C(=O)N(c3c(F)c(F)c(F)c(F)c3F)C(=O)C12Cl. The topological polar surface area (TPSA) is 113 Å². The molecule has 9 nitrogen and oxygen atoms in total. The zero-order valence-electron chi connectivity index (χ0n) is 27.0. The van der Waals surface area contributed by atoms with Crippen LogP contribution >= 0.6 is 34.8 Å². The van der Waals surface area contributed by atoms with Crippen molar-refractivity contribution in [2.45, 2.75) is 35.4 Å². The lowest BCUT2D eigenvalue weighted by atomic mass is 9.56. The molecule has 2 aliphatic heterocycles. The summed E-state index contributed by atoms with van der Waals surface area (Å²) >= 11 is 20.7. The summed E-state index contributed by atoms with van der Waals surface area (Å²) in [5.41, 5.74) is -1.03. The van der Waals surface area contributed by atoms with Gasteiger partial charge >= 0.3 is 0 Å². The summed E-state index contributed by atoms with van der Waals surface area (Å²) in [5, 5.41) is 10.7. The van der Waals surface area contributed by atoms with Crippen LogP contribution < -0.4 is 19.3 Å². The molecule has 0 bridgehead atoms. The Hall–Kier alpha value is -4.40. The third kappa shape index (κ3) is 4.52. The second-order valence-electron chi connectivity index (χ2n) is 12.9. The number of amides is 4. The molecule has 1 saturated carbocycles. The Balaban J connectivity index is 1.48. The van der Waals surface area contributed by atoms with E-state index in [0.717, 1.165) is 17.0 Å². The number of nitrogens with zero attached hydrogens (tertiary/aromatic N) is 2. The molecule has 3 aromatic rings. The molecule has 0 radical (unpaired) electrons. The van der Waals surface area contributed by atoms with Gasteiger partial charge in [-0.3, -0.25) is 19.2 Å². The minimum atomic E-state index is -2.83. The van der Waals surface area contributed by atoms with E-state index < -0.39 is 98.2 Å². The van der Waals surface area contributed by atoms with Crippen LogP contribution in [0.2, 0.25) is 5.02 Å². The number of phenolic OH excluding ortho intramolecular Hbond substituents is 1. The van der Waals surface area contributed by atoms with Crippen molar-refractivity contribution >= 4 is 69.8 Å². The van der Waals surface area contributed by atoms with E-state index in [9.17, 15) is 37.5 Å². The van der Waals surface area contributed by atoms with Gasteiger partial charge in [0, 0.05) is 28.6 Å². The van der Waals surface area contributed by atoms with Crippen molar-refractivity contribution < 1.29 is 55.7 Å². The number of methoxy groups -OCH3 is 2. The van der Waals surface area contributed by atoms with Gasteiger partial charge in [-0.25, -0.2) is 31.8 Å². The molecule has 0 spiro atoms. The fourth-order valence-corrected chi connectivity index (χ4v) is 9.16. The number of phenols is 1. The van der Waals surface area contributed by atoms with Gasteiger partial charge in [0.25, 0.3) is 11.8 Å². The summed E-state index contributed by atoms with van der Waals surface area (Å²) in [6.45, 7) is 1.72. The quantitative estimate of drug-likeness (QED) is 0.0754. The molecule has 6 atom stereocenters. The molecule has 272 valence electrons. The molecule has 7 rings (SSSR count). The highest BCUT2D eigenvalue weighted by Gasteiger charge is 2.77.